The maximum Gasteiger partial charge on any atom is 0.106 e. The smallest absolute Gasteiger partial charge is 0.106 e. The zero-order valence-corrected chi connectivity index (χ0v) is 11.6. The lowest BCUT2D eigenvalue weighted by molar-refractivity contribution is -0.0420. The quantitative estimate of drug-likeness (QED) is 0.814. The molecule has 5 nitrogen and oxygen atoms in total. The molecule has 2 unspecified atom stereocenters. The second-order valence-electron chi connectivity index (χ2n) is 4.85. The zero-order chi connectivity index (χ0) is 13.4. The molecule has 0 radical (unpaired) electrons. The van der Waals surface area contributed by atoms with E-state index in [4.69, 9.17) is 10.5 Å². The van der Waals surface area contributed by atoms with Gasteiger partial charge in [-0.1, -0.05) is 0 Å². The van der Waals surface area contributed by atoms with Crippen molar-refractivity contribution in [1.29, 1.82) is 0 Å². The molecule has 0 amide bonds. The Morgan fingerprint density at radius 3 is 3.16 bits per heavy atom. The summed E-state index contributed by atoms with van der Waals surface area (Å²) in [6, 6.07) is 4.08. The SMILES string of the molecule is CC1CN(c2ccc3scnc3c2N)CC(CO)O1. The van der Waals surface area contributed by atoms with E-state index in [0.717, 1.165) is 22.4 Å². The summed E-state index contributed by atoms with van der Waals surface area (Å²) >= 11 is 1.59. The number of hydrogen-bond acceptors (Lipinski definition) is 6. The van der Waals surface area contributed by atoms with E-state index in [2.05, 4.69) is 9.88 Å². The summed E-state index contributed by atoms with van der Waals surface area (Å²) in [5.41, 5.74) is 10.6. The summed E-state index contributed by atoms with van der Waals surface area (Å²) in [5.74, 6) is 0. The summed E-state index contributed by atoms with van der Waals surface area (Å²) in [7, 11) is 0. The van der Waals surface area contributed by atoms with Gasteiger partial charge in [0.25, 0.3) is 0 Å². The van der Waals surface area contributed by atoms with Gasteiger partial charge in [-0.15, -0.1) is 11.3 Å². The van der Waals surface area contributed by atoms with Gasteiger partial charge in [0.15, 0.2) is 0 Å². The number of fused-ring (bicyclic) bond motifs is 1. The fourth-order valence-corrected chi connectivity index (χ4v) is 3.25. The van der Waals surface area contributed by atoms with E-state index in [9.17, 15) is 5.11 Å². The Labute approximate surface area is 115 Å². The number of rotatable bonds is 2. The Morgan fingerprint density at radius 2 is 2.37 bits per heavy atom. The third-order valence-electron chi connectivity index (χ3n) is 3.39. The van der Waals surface area contributed by atoms with E-state index < -0.39 is 0 Å². The van der Waals surface area contributed by atoms with Gasteiger partial charge in [0, 0.05) is 13.1 Å². The monoisotopic (exact) mass is 279 g/mol. The molecule has 102 valence electrons. The van der Waals surface area contributed by atoms with Crippen LogP contribution in [0.2, 0.25) is 0 Å². The molecular weight excluding hydrogens is 262 g/mol. The molecule has 2 heterocycles. The minimum absolute atomic E-state index is 0.0275. The van der Waals surface area contributed by atoms with Crippen LogP contribution in [-0.4, -0.2) is 42.0 Å². The number of thiazole rings is 1. The Kier molecular flexibility index (Phi) is 3.30. The van der Waals surface area contributed by atoms with Crippen LogP contribution in [0, 0.1) is 0 Å². The molecule has 0 spiro atoms. The Balaban J connectivity index is 1.96. The number of aliphatic hydroxyl groups excluding tert-OH is 1. The van der Waals surface area contributed by atoms with Gasteiger partial charge in [0.05, 0.1) is 40.4 Å². The van der Waals surface area contributed by atoms with Gasteiger partial charge in [-0.25, -0.2) is 4.98 Å². The lowest BCUT2D eigenvalue weighted by Crippen LogP contribution is -2.48. The first kappa shape index (κ1) is 12.7. The van der Waals surface area contributed by atoms with Gasteiger partial charge in [-0.3, -0.25) is 0 Å². The van der Waals surface area contributed by atoms with E-state index >= 15 is 0 Å². The molecule has 1 aromatic heterocycles. The molecule has 1 aliphatic rings. The molecule has 1 fully saturated rings. The molecule has 1 aliphatic heterocycles. The lowest BCUT2D eigenvalue weighted by atomic mass is 10.1. The van der Waals surface area contributed by atoms with Crippen molar-refractivity contribution >= 4 is 32.9 Å². The number of nitrogen functional groups attached to an aromatic ring is 1. The number of anilines is 2. The molecule has 2 aromatic rings. The number of aliphatic hydroxyl groups is 1. The first-order valence-corrected chi connectivity index (χ1v) is 7.20. The molecule has 6 heteroatoms. The fraction of sp³-hybridized carbons (Fsp3) is 0.462. The molecule has 0 bridgehead atoms. The largest absolute Gasteiger partial charge is 0.395 e. The molecular formula is C13H17N3O2S. The summed E-state index contributed by atoms with van der Waals surface area (Å²) in [4.78, 5) is 6.49. The Bertz CT molecular complexity index is 586. The van der Waals surface area contributed by atoms with E-state index in [1.165, 1.54) is 0 Å². The van der Waals surface area contributed by atoms with Crippen LogP contribution in [0.1, 0.15) is 6.92 Å². The van der Waals surface area contributed by atoms with Crippen molar-refractivity contribution in [2.24, 2.45) is 0 Å². The van der Waals surface area contributed by atoms with Gasteiger partial charge in [0.2, 0.25) is 0 Å². The highest BCUT2D eigenvalue weighted by Gasteiger charge is 2.26. The average molecular weight is 279 g/mol. The van der Waals surface area contributed by atoms with E-state index in [0.29, 0.717) is 12.2 Å². The van der Waals surface area contributed by atoms with Crippen LogP contribution in [-0.2, 0) is 4.74 Å². The number of ether oxygens (including phenoxy) is 1. The average Bonchev–Trinajstić information content (AvgIpc) is 2.87. The van der Waals surface area contributed by atoms with Crippen LogP contribution in [0.4, 0.5) is 11.4 Å². The predicted octanol–water partition coefficient (Wildman–Crippen LogP) is 1.46. The molecule has 3 N–H and O–H groups in total. The molecule has 1 saturated heterocycles. The van der Waals surface area contributed by atoms with Gasteiger partial charge < -0.3 is 20.5 Å². The van der Waals surface area contributed by atoms with Crippen molar-refractivity contribution < 1.29 is 9.84 Å². The predicted molar refractivity (Wildman–Crippen MR) is 77.7 cm³/mol. The van der Waals surface area contributed by atoms with E-state index in [-0.39, 0.29) is 18.8 Å². The maximum atomic E-state index is 9.29. The summed E-state index contributed by atoms with van der Waals surface area (Å²) < 4.78 is 6.75. The van der Waals surface area contributed by atoms with E-state index in [1.54, 1.807) is 11.3 Å². The molecule has 2 atom stereocenters. The third-order valence-corrected chi connectivity index (χ3v) is 4.18. The normalized spacial score (nSPS) is 24.0. The highest BCUT2D eigenvalue weighted by Crippen LogP contribution is 2.33. The first-order valence-electron chi connectivity index (χ1n) is 6.32. The van der Waals surface area contributed by atoms with Gasteiger partial charge in [0.1, 0.15) is 5.52 Å². The van der Waals surface area contributed by atoms with Crippen molar-refractivity contribution in [3.63, 3.8) is 0 Å². The summed E-state index contributed by atoms with van der Waals surface area (Å²) in [6.45, 7) is 3.46. The Morgan fingerprint density at radius 1 is 1.53 bits per heavy atom. The number of aromatic nitrogens is 1. The highest BCUT2D eigenvalue weighted by molar-refractivity contribution is 7.16. The van der Waals surface area contributed by atoms with Crippen molar-refractivity contribution in [2.45, 2.75) is 19.1 Å². The van der Waals surface area contributed by atoms with Crippen LogP contribution in [0.3, 0.4) is 0 Å². The number of benzene rings is 1. The summed E-state index contributed by atoms with van der Waals surface area (Å²) in [5, 5.41) is 9.29. The van der Waals surface area contributed by atoms with Gasteiger partial charge in [-0.2, -0.15) is 0 Å². The van der Waals surface area contributed by atoms with Crippen molar-refractivity contribution in [1.82, 2.24) is 4.98 Å². The standard InChI is InChI=1S/C13H17N3O2S/c1-8-4-16(5-9(6-17)18-8)10-2-3-11-13(12(10)14)15-7-19-11/h2-3,7-9,17H,4-6,14H2,1H3. The molecule has 0 saturated carbocycles. The van der Waals surface area contributed by atoms with Crippen LogP contribution in [0.25, 0.3) is 10.2 Å². The molecule has 1 aromatic carbocycles. The van der Waals surface area contributed by atoms with Gasteiger partial charge >= 0.3 is 0 Å². The second-order valence-corrected chi connectivity index (χ2v) is 5.74. The maximum absolute atomic E-state index is 9.29. The highest BCUT2D eigenvalue weighted by atomic mass is 32.1. The van der Waals surface area contributed by atoms with Crippen LogP contribution < -0.4 is 10.6 Å². The van der Waals surface area contributed by atoms with Crippen molar-refractivity contribution in [3.8, 4) is 0 Å². The lowest BCUT2D eigenvalue weighted by Gasteiger charge is -2.38. The number of morpholine rings is 1. The molecule has 3 rings (SSSR count). The summed E-state index contributed by atoms with van der Waals surface area (Å²) in [6.07, 6.45) is -0.0780. The Hall–Kier alpha value is -1.37. The number of nitrogens with zero attached hydrogens (tertiary/aromatic N) is 2. The third kappa shape index (κ3) is 2.27. The second kappa shape index (κ2) is 4.96. The van der Waals surface area contributed by atoms with Crippen LogP contribution in [0.5, 0.6) is 0 Å². The van der Waals surface area contributed by atoms with Crippen molar-refractivity contribution in [2.75, 3.05) is 30.3 Å². The fourth-order valence-electron chi connectivity index (χ4n) is 2.56. The van der Waals surface area contributed by atoms with Crippen molar-refractivity contribution in [3.05, 3.63) is 17.6 Å². The molecule has 0 aliphatic carbocycles. The number of nitrogens with two attached hydrogens (primary N) is 1. The topological polar surface area (TPSA) is 71.6 Å². The minimum Gasteiger partial charge on any atom is -0.395 e. The first-order chi connectivity index (χ1) is 9.19. The van der Waals surface area contributed by atoms with Gasteiger partial charge in [-0.05, 0) is 19.1 Å². The number of hydrogen-bond donors (Lipinski definition) is 2. The molecule has 19 heavy (non-hydrogen) atoms. The van der Waals surface area contributed by atoms with Crippen LogP contribution >= 0.6 is 11.3 Å². The minimum atomic E-state index is -0.158. The van der Waals surface area contributed by atoms with Crippen LogP contribution in [0.15, 0.2) is 17.6 Å². The van der Waals surface area contributed by atoms with E-state index in [1.807, 2.05) is 24.6 Å². The zero-order valence-electron chi connectivity index (χ0n) is 10.7.